The molecule has 1 aromatic rings. The van der Waals surface area contributed by atoms with E-state index in [9.17, 15) is 0 Å². The zero-order valence-electron chi connectivity index (χ0n) is 15.8. The number of nitrogens with zero attached hydrogens (tertiary/aromatic N) is 4. The molecule has 0 saturated heterocycles. The number of nitrogens with one attached hydrogen (secondary N) is 2. The number of aliphatic imine (C=N–C) groups is 1. The fourth-order valence-electron chi connectivity index (χ4n) is 2.45. The average molecular weight is 450 g/mol. The molecule has 0 spiro atoms. The normalized spacial score (nSPS) is 11.2. The first kappa shape index (κ1) is 23.1. The van der Waals surface area contributed by atoms with Gasteiger partial charge in [-0.3, -0.25) is 4.99 Å². The third-order valence-electron chi connectivity index (χ3n) is 4.14. The van der Waals surface area contributed by atoms with Gasteiger partial charge in [-0.25, -0.2) is 0 Å². The van der Waals surface area contributed by atoms with Crippen LogP contribution in [0.4, 0.5) is 0 Å². The first-order valence-corrected chi connectivity index (χ1v) is 8.98. The average Bonchev–Trinajstić information content (AvgIpc) is 2.88. The van der Waals surface area contributed by atoms with Crippen molar-refractivity contribution in [2.75, 3.05) is 13.6 Å². The maximum absolute atomic E-state index is 4.24. The first-order valence-electron chi connectivity index (χ1n) is 8.98. The fourth-order valence-corrected chi connectivity index (χ4v) is 2.45. The van der Waals surface area contributed by atoms with Crippen LogP contribution in [0.2, 0.25) is 0 Å². The van der Waals surface area contributed by atoms with Gasteiger partial charge in [-0.2, -0.15) is 0 Å². The van der Waals surface area contributed by atoms with E-state index >= 15 is 0 Å². The second-order valence-corrected chi connectivity index (χ2v) is 6.05. The van der Waals surface area contributed by atoms with Crippen molar-refractivity contribution >= 4 is 29.9 Å². The van der Waals surface area contributed by atoms with Crippen LogP contribution in [0.5, 0.6) is 0 Å². The molecule has 0 aliphatic rings. The third kappa shape index (κ3) is 9.44. The van der Waals surface area contributed by atoms with Gasteiger partial charge in [-0.1, -0.05) is 51.9 Å². The molecular formula is C17H35IN6. The summed E-state index contributed by atoms with van der Waals surface area (Å²) in [7, 11) is 3.77. The number of hydrogen-bond acceptors (Lipinski definition) is 3. The molecule has 6 nitrogen and oxygen atoms in total. The van der Waals surface area contributed by atoms with Crippen molar-refractivity contribution in [2.24, 2.45) is 12.0 Å². The monoisotopic (exact) mass is 450 g/mol. The van der Waals surface area contributed by atoms with E-state index in [1.54, 1.807) is 7.05 Å². The minimum Gasteiger partial charge on any atom is -0.356 e. The summed E-state index contributed by atoms with van der Waals surface area (Å²) in [5, 5.41) is 14.8. The maximum atomic E-state index is 4.24. The number of rotatable bonds is 11. The van der Waals surface area contributed by atoms with Crippen LogP contribution in [0, 0.1) is 6.92 Å². The summed E-state index contributed by atoms with van der Waals surface area (Å²) in [6.07, 6.45) is 10.7. The predicted molar refractivity (Wildman–Crippen MR) is 112 cm³/mol. The third-order valence-corrected chi connectivity index (χ3v) is 4.14. The van der Waals surface area contributed by atoms with Crippen LogP contribution in [-0.2, 0) is 13.6 Å². The standard InChI is InChI=1S/C17H34N6.HI/c1-5-6-7-8-9-10-11-12-13-19-17(18-3)20-14-16-22-21-15(2)23(16)4;/h5-14H2,1-4H3,(H2,18,19,20);1H. The molecule has 0 amide bonds. The summed E-state index contributed by atoms with van der Waals surface area (Å²) >= 11 is 0. The van der Waals surface area contributed by atoms with E-state index in [4.69, 9.17) is 0 Å². The molecule has 0 aliphatic carbocycles. The molecule has 0 radical (unpaired) electrons. The van der Waals surface area contributed by atoms with Crippen LogP contribution in [0.3, 0.4) is 0 Å². The molecule has 1 heterocycles. The zero-order chi connectivity index (χ0) is 16.9. The summed E-state index contributed by atoms with van der Waals surface area (Å²) in [5.41, 5.74) is 0. The first-order chi connectivity index (χ1) is 11.2. The quantitative estimate of drug-likeness (QED) is 0.234. The largest absolute Gasteiger partial charge is 0.356 e. The maximum Gasteiger partial charge on any atom is 0.191 e. The number of guanidine groups is 1. The lowest BCUT2D eigenvalue weighted by Gasteiger charge is -2.11. The Morgan fingerprint density at radius 1 is 1.00 bits per heavy atom. The molecule has 140 valence electrons. The van der Waals surface area contributed by atoms with Crippen molar-refractivity contribution in [1.29, 1.82) is 0 Å². The molecule has 0 bridgehead atoms. The number of unbranched alkanes of at least 4 members (excludes halogenated alkanes) is 7. The summed E-state index contributed by atoms with van der Waals surface area (Å²) in [6, 6.07) is 0. The Kier molecular flexibility index (Phi) is 14.0. The molecular weight excluding hydrogens is 415 g/mol. The number of aromatic nitrogens is 3. The topological polar surface area (TPSA) is 67.1 Å². The van der Waals surface area contributed by atoms with E-state index in [0.29, 0.717) is 6.54 Å². The van der Waals surface area contributed by atoms with Gasteiger partial charge in [0.25, 0.3) is 0 Å². The van der Waals surface area contributed by atoms with Gasteiger partial charge in [0.1, 0.15) is 5.82 Å². The predicted octanol–water partition coefficient (Wildman–Crippen LogP) is 3.55. The Bertz CT molecular complexity index is 458. The van der Waals surface area contributed by atoms with E-state index in [1.807, 2.05) is 18.5 Å². The van der Waals surface area contributed by atoms with E-state index in [2.05, 4.69) is 32.7 Å². The van der Waals surface area contributed by atoms with Crippen LogP contribution in [-0.4, -0.2) is 34.3 Å². The van der Waals surface area contributed by atoms with Crippen LogP contribution < -0.4 is 10.6 Å². The minimum atomic E-state index is 0. The van der Waals surface area contributed by atoms with Crippen LogP contribution >= 0.6 is 24.0 Å². The van der Waals surface area contributed by atoms with Gasteiger partial charge >= 0.3 is 0 Å². The van der Waals surface area contributed by atoms with Crippen molar-refractivity contribution in [2.45, 2.75) is 71.8 Å². The van der Waals surface area contributed by atoms with E-state index in [0.717, 1.165) is 24.2 Å². The van der Waals surface area contributed by atoms with Gasteiger partial charge < -0.3 is 15.2 Å². The van der Waals surface area contributed by atoms with Gasteiger partial charge in [0.2, 0.25) is 0 Å². The molecule has 1 aromatic heterocycles. The van der Waals surface area contributed by atoms with Crippen LogP contribution in [0.25, 0.3) is 0 Å². The highest BCUT2D eigenvalue weighted by Gasteiger charge is 2.05. The minimum absolute atomic E-state index is 0. The molecule has 7 heteroatoms. The van der Waals surface area contributed by atoms with Gasteiger partial charge in [0, 0.05) is 20.6 Å². The molecule has 0 unspecified atom stereocenters. The van der Waals surface area contributed by atoms with E-state index in [-0.39, 0.29) is 24.0 Å². The summed E-state index contributed by atoms with van der Waals surface area (Å²) in [5.74, 6) is 2.66. The Labute approximate surface area is 164 Å². The van der Waals surface area contributed by atoms with E-state index < -0.39 is 0 Å². The molecule has 2 N–H and O–H groups in total. The molecule has 1 rings (SSSR count). The van der Waals surface area contributed by atoms with Gasteiger partial charge in [-0.15, -0.1) is 34.2 Å². The molecule has 0 atom stereocenters. The molecule has 0 saturated carbocycles. The Morgan fingerprint density at radius 3 is 2.17 bits per heavy atom. The summed E-state index contributed by atoms with van der Waals surface area (Å²) in [6.45, 7) is 5.81. The molecule has 0 aromatic carbocycles. The highest BCUT2D eigenvalue weighted by molar-refractivity contribution is 14.0. The SMILES string of the molecule is CCCCCCCCCCNC(=NC)NCc1nnc(C)n1C.I. The van der Waals surface area contributed by atoms with Crippen molar-refractivity contribution in [1.82, 2.24) is 25.4 Å². The zero-order valence-corrected chi connectivity index (χ0v) is 18.1. The van der Waals surface area contributed by atoms with Crippen LogP contribution in [0.1, 0.15) is 69.9 Å². The Morgan fingerprint density at radius 2 is 1.62 bits per heavy atom. The highest BCUT2D eigenvalue weighted by Crippen LogP contribution is 2.07. The molecule has 0 fully saturated rings. The second-order valence-electron chi connectivity index (χ2n) is 6.05. The number of hydrogen-bond donors (Lipinski definition) is 2. The molecule has 24 heavy (non-hydrogen) atoms. The van der Waals surface area contributed by atoms with Gasteiger partial charge in [-0.05, 0) is 13.3 Å². The van der Waals surface area contributed by atoms with Crippen molar-refractivity contribution in [3.63, 3.8) is 0 Å². The Hall–Kier alpha value is -0.860. The molecule has 0 aliphatic heterocycles. The van der Waals surface area contributed by atoms with Crippen molar-refractivity contribution in [3.05, 3.63) is 11.6 Å². The number of halogens is 1. The van der Waals surface area contributed by atoms with Crippen molar-refractivity contribution in [3.8, 4) is 0 Å². The second kappa shape index (κ2) is 14.5. The smallest absolute Gasteiger partial charge is 0.191 e. The van der Waals surface area contributed by atoms with Gasteiger partial charge in [0.15, 0.2) is 11.8 Å². The lowest BCUT2D eigenvalue weighted by Crippen LogP contribution is -2.37. The van der Waals surface area contributed by atoms with Crippen molar-refractivity contribution < 1.29 is 0 Å². The highest BCUT2D eigenvalue weighted by atomic mass is 127. The van der Waals surface area contributed by atoms with Gasteiger partial charge in [0.05, 0.1) is 6.54 Å². The Balaban J connectivity index is 0.00000529. The van der Waals surface area contributed by atoms with Crippen LogP contribution in [0.15, 0.2) is 4.99 Å². The van der Waals surface area contributed by atoms with E-state index in [1.165, 1.54) is 51.4 Å². The lowest BCUT2D eigenvalue weighted by atomic mass is 10.1. The fraction of sp³-hybridized carbons (Fsp3) is 0.824. The summed E-state index contributed by atoms with van der Waals surface area (Å²) in [4.78, 5) is 4.24. The summed E-state index contributed by atoms with van der Waals surface area (Å²) < 4.78 is 1.98. The number of aryl methyl sites for hydroxylation is 1. The lowest BCUT2D eigenvalue weighted by molar-refractivity contribution is 0.571.